The summed E-state index contributed by atoms with van der Waals surface area (Å²) in [7, 11) is 5.72. The summed E-state index contributed by atoms with van der Waals surface area (Å²) in [5, 5.41) is 11.8. The fraction of sp³-hybridized carbons (Fsp3) is 0.552. The van der Waals surface area contributed by atoms with E-state index in [1.165, 1.54) is 16.7 Å². The Kier molecular flexibility index (Phi) is 5.86. The third kappa shape index (κ3) is 3.59. The Balaban J connectivity index is 1.62. The quantitative estimate of drug-likeness (QED) is 0.678. The Morgan fingerprint density at radius 3 is 2.71 bits per heavy atom. The SMILES string of the molecule is COCC#C[C@]1(O)CC[C@H]2[C@@H]3OC=C4CC(=O)CCC4=C3C(c3ccc(N(C)C)cc3)C[C@@]21C. The van der Waals surface area contributed by atoms with Gasteiger partial charge in [0.25, 0.3) is 0 Å². The molecular formula is C29H35NO4. The summed E-state index contributed by atoms with van der Waals surface area (Å²) in [6, 6.07) is 8.75. The van der Waals surface area contributed by atoms with Gasteiger partial charge < -0.3 is 19.5 Å². The molecule has 5 heteroatoms. The van der Waals surface area contributed by atoms with Gasteiger partial charge in [0.05, 0.1) is 6.26 Å². The van der Waals surface area contributed by atoms with Crippen molar-refractivity contribution in [2.24, 2.45) is 11.3 Å². The number of allylic oxidation sites excluding steroid dienone is 2. The summed E-state index contributed by atoms with van der Waals surface area (Å²) in [6.07, 6.45) is 5.90. The first-order valence-corrected chi connectivity index (χ1v) is 12.4. The third-order valence-electron chi connectivity index (χ3n) is 8.71. The van der Waals surface area contributed by atoms with Gasteiger partial charge in [-0.2, -0.15) is 0 Å². The third-order valence-corrected chi connectivity index (χ3v) is 8.71. The molecule has 0 bridgehead atoms. The van der Waals surface area contributed by atoms with E-state index in [2.05, 4.69) is 47.9 Å². The van der Waals surface area contributed by atoms with Crippen LogP contribution in [0.4, 0.5) is 5.69 Å². The minimum Gasteiger partial charge on any atom is -0.493 e. The number of ketones is 1. The molecule has 3 fully saturated rings. The van der Waals surface area contributed by atoms with Gasteiger partial charge in [0, 0.05) is 57.0 Å². The van der Waals surface area contributed by atoms with Crippen LogP contribution in [0.1, 0.15) is 56.9 Å². The Hall–Kier alpha value is -2.55. The number of rotatable bonds is 3. The number of carbonyl (C=O) groups excluding carboxylic acids is 1. The molecule has 1 aromatic rings. The Morgan fingerprint density at radius 1 is 1.24 bits per heavy atom. The van der Waals surface area contributed by atoms with Crippen molar-refractivity contribution in [2.75, 3.05) is 32.7 Å². The Morgan fingerprint density at radius 2 is 2.00 bits per heavy atom. The second-order valence-corrected chi connectivity index (χ2v) is 10.7. The number of hydrogen-bond donors (Lipinski definition) is 1. The first-order chi connectivity index (χ1) is 16.3. The van der Waals surface area contributed by atoms with E-state index in [4.69, 9.17) is 9.47 Å². The number of ether oxygens (including phenoxy) is 2. The topological polar surface area (TPSA) is 59.0 Å². The highest BCUT2D eigenvalue weighted by Gasteiger charge is 2.63. The van der Waals surface area contributed by atoms with Gasteiger partial charge >= 0.3 is 0 Å². The van der Waals surface area contributed by atoms with Crippen LogP contribution in [-0.2, 0) is 14.3 Å². The molecule has 180 valence electrons. The number of methoxy groups -OCH3 is 1. The van der Waals surface area contributed by atoms with Crippen LogP contribution in [0.3, 0.4) is 0 Å². The van der Waals surface area contributed by atoms with Gasteiger partial charge in [0.15, 0.2) is 0 Å². The van der Waals surface area contributed by atoms with Crippen molar-refractivity contribution >= 4 is 11.5 Å². The lowest BCUT2D eigenvalue weighted by Gasteiger charge is -2.52. The maximum atomic E-state index is 12.2. The van der Waals surface area contributed by atoms with Crippen molar-refractivity contribution in [2.45, 2.75) is 63.1 Å². The van der Waals surface area contributed by atoms with E-state index < -0.39 is 11.0 Å². The first kappa shape index (κ1) is 23.2. The average Bonchev–Trinajstić information content (AvgIpc) is 3.09. The lowest BCUT2D eigenvalue weighted by atomic mass is 9.55. The van der Waals surface area contributed by atoms with Gasteiger partial charge in [0.2, 0.25) is 0 Å². The van der Waals surface area contributed by atoms with Gasteiger partial charge in [-0.15, -0.1) is 0 Å². The highest BCUT2D eigenvalue weighted by molar-refractivity contribution is 5.84. The van der Waals surface area contributed by atoms with E-state index in [1.54, 1.807) is 7.11 Å². The molecule has 1 aromatic carbocycles. The molecule has 5 atom stereocenters. The number of fused-ring (bicyclic) bond motifs is 4. The molecule has 1 unspecified atom stereocenters. The average molecular weight is 462 g/mol. The summed E-state index contributed by atoms with van der Waals surface area (Å²) in [4.78, 5) is 14.3. The smallest absolute Gasteiger partial charge is 0.137 e. The largest absolute Gasteiger partial charge is 0.493 e. The van der Waals surface area contributed by atoms with Crippen molar-refractivity contribution < 1.29 is 19.4 Å². The minimum atomic E-state index is -1.08. The molecule has 34 heavy (non-hydrogen) atoms. The number of carbonyl (C=O) groups is 1. The van der Waals surface area contributed by atoms with Gasteiger partial charge in [-0.3, -0.25) is 4.79 Å². The van der Waals surface area contributed by atoms with E-state index in [9.17, 15) is 9.90 Å². The summed E-state index contributed by atoms with van der Waals surface area (Å²) >= 11 is 0. The fourth-order valence-electron chi connectivity index (χ4n) is 6.77. The number of hydrogen-bond acceptors (Lipinski definition) is 5. The number of anilines is 1. The molecule has 1 aliphatic heterocycles. The van der Waals surface area contributed by atoms with E-state index in [-0.39, 0.29) is 23.7 Å². The lowest BCUT2D eigenvalue weighted by Crippen LogP contribution is -2.53. The van der Waals surface area contributed by atoms with Crippen LogP contribution in [0.25, 0.3) is 0 Å². The Labute approximate surface area is 202 Å². The van der Waals surface area contributed by atoms with Crippen LogP contribution < -0.4 is 4.90 Å². The zero-order valence-corrected chi connectivity index (χ0v) is 20.7. The second kappa shape index (κ2) is 8.59. The lowest BCUT2D eigenvalue weighted by molar-refractivity contribution is -0.119. The molecule has 0 spiro atoms. The fourth-order valence-corrected chi connectivity index (χ4v) is 6.77. The van der Waals surface area contributed by atoms with E-state index in [0.717, 1.165) is 30.5 Å². The number of benzene rings is 1. The van der Waals surface area contributed by atoms with Crippen molar-refractivity contribution in [3.05, 3.63) is 52.8 Å². The molecule has 1 heterocycles. The molecule has 3 aliphatic carbocycles. The molecule has 4 aliphatic rings. The second-order valence-electron chi connectivity index (χ2n) is 10.7. The maximum Gasteiger partial charge on any atom is 0.137 e. The minimum absolute atomic E-state index is 0.0949. The maximum absolute atomic E-state index is 12.2. The van der Waals surface area contributed by atoms with E-state index in [1.807, 2.05) is 20.4 Å². The molecule has 5 rings (SSSR count). The number of aliphatic hydroxyl groups is 1. The normalized spacial score (nSPS) is 34.2. The van der Waals surface area contributed by atoms with E-state index in [0.29, 0.717) is 25.9 Å². The predicted molar refractivity (Wildman–Crippen MR) is 132 cm³/mol. The zero-order valence-electron chi connectivity index (χ0n) is 20.7. The predicted octanol–water partition coefficient (Wildman–Crippen LogP) is 4.37. The molecule has 3 saturated carbocycles. The van der Waals surface area contributed by atoms with Gasteiger partial charge in [0.1, 0.15) is 24.1 Å². The highest BCUT2D eigenvalue weighted by Crippen LogP contribution is 2.64. The van der Waals surface area contributed by atoms with Crippen LogP contribution in [0.2, 0.25) is 0 Å². The van der Waals surface area contributed by atoms with Crippen molar-refractivity contribution in [3.63, 3.8) is 0 Å². The van der Waals surface area contributed by atoms with Crippen LogP contribution in [-0.4, -0.2) is 50.4 Å². The van der Waals surface area contributed by atoms with Gasteiger partial charge in [-0.1, -0.05) is 30.9 Å². The van der Waals surface area contributed by atoms with E-state index >= 15 is 0 Å². The van der Waals surface area contributed by atoms with Crippen molar-refractivity contribution in [3.8, 4) is 11.8 Å². The molecule has 1 N–H and O–H groups in total. The van der Waals surface area contributed by atoms with Crippen LogP contribution in [0.5, 0.6) is 0 Å². The molecule has 0 amide bonds. The zero-order chi connectivity index (χ0) is 24.1. The summed E-state index contributed by atoms with van der Waals surface area (Å²) < 4.78 is 11.6. The van der Waals surface area contributed by atoms with Gasteiger partial charge in [-0.05, 0) is 60.1 Å². The molecule has 0 radical (unpaired) electrons. The van der Waals surface area contributed by atoms with Crippen LogP contribution in [0.15, 0.2) is 47.2 Å². The summed E-state index contributed by atoms with van der Waals surface area (Å²) in [5.41, 5.74) is 4.60. The monoisotopic (exact) mass is 461 g/mol. The number of Topliss-reactive ketones (excluding diaryl/α,β-unsaturated/α-hetero) is 1. The van der Waals surface area contributed by atoms with Crippen LogP contribution >= 0.6 is 0 Å². The van der Waals surface area contributed by atoms with Crippen molar-refractivity contribution in [1.29, 1.82) is 0 Å². The Bertz CT molecular complexity index is 1110. The molecule has 0 aromatic heterocycles. The summed E-state index contributed by atoms with van der Waals surface area (Å²) in [6.45, 7) is 2.51. The van der Waals surface area contributed by atoms with Gasteiger partial charge in [-0.25, -0.2) is 0 Å². The molecule has 0 saturated heterocycles. The summed E-state index contributed by atoms with van der Waals surface area (Å²) in [5.74, 6) is 6.81. The van der Waals surface area contributed by atoms with Crippen LogP contribution in [0, 0.1) is 23.2 Å². The molecule has 5 nitrogen and oxygen atoms in total. The standard InChI is InChI=1S/C29H35NO4/c1-28-17-24(19-6-8-21(9-7-19)30(2)3)26-23-11-10-22(31)16-20(23)18-34-27(26)25(28)12-14-29(28,32)13-5-15-33-4/h6-9,18,24-25,27,32H,10-12,14-17H2,1-4H3/t24?,25-,27-,28-,29-/m0/s1. The number of nitrogens with zero attached hydrogens (tertiary/aromatic N) is 1. The van der Waals surface area contributed by atoms with Crippen molar-refractivity contribution in [1.82, 2.24) is 0 Å². The first-order valence-electron chi connectivity index (χ1n) is 12.4. The highest BCUT2D eigenvalue weighted by atomic mass is 16.5. The molecular weight excluding hydrogens is 426 g/mol.